The molecule has 0 spiro atoms. The van der Waals surface area contributed by atoms with Crippen LogP contribution in [0.3, 0.4) is 0 Å². The average molecular weight is 625 g/mol. The van der Waals surface area contributed by atoms with Crippen molar-refractivity contribution in [3.63, 3.8) is 0 Å². The third kappa shape index (κ3) is 5.03. The van der Waals surface area contributed by atoms with Crippen molar-refractivity contribution in [1.29, 1.82) is 0 Å². The van der Waals surface area contributed by atoms with Crippen molar-refractivity contribution in [2.45, 2.75) is 62.2 Å². The van der Waals surface area contributed by atoms with Crippen LogP contribution >= 0.6 is 11.6 Å². The zero-order valence-electron chi connectivity index (χ0n) is 24.6. The fraction of sp³-hybridized carbons (Fsp3) is 0.500. The van der Waals surface area contributed by atoms with Crippen LogP contribution in [0.1, 0.15) is 50.0 Å². The van der Waals surface area contributed by atoms with Crippen LogP contribution in [0.25, 0.3) is 22.2 Å². The van der Waals surface area contributed by atoms with E-state index >= 15 is 4.39 Å². The van der Waals surface area contributed by atoms with Crippen LogP contribution < -0.4 is 9.64 Å². The molecule has 1 aromatic carbocycles. The number of hydrogen-bond acceptors (Lipinski definition) is 8. The molecule has 9 nitrogen and oxygen atoms in total. The number of aromatic nitrogens is 3. The number of benzene rings is 1. The highest BCUT2D eigenvalue weighted by Gasteiger charge is 2.49. The summed E-state index contributed by atoms with van der Waals surface area (Å²) in [5, 5.41) is 11.1. The number of likely N-dealkylation sites (tertiary alicyclic amines) is 1. The summed E-state index contributed by atoms with van der Waals surface area (Å²) in [6.45, 7) is 6.02. The Morgan fingerprint density at radius 1 is 1.27 bits per heavy atom. The number of carbonyl (C=O) groups is 1. The van der Waals surface area contributed by atoms with Crippen molar-refractivity contribution in [3.05, 3.63) is 47.4 Å². The Bertz CT molecular complexity index is 1650. The Morgan fingerprint density at radius 2 is 2.09 bits per heavy atom. The first-order valence-corrected chi connectivity index (χ1v) is 15.6. The van der Waals surface area contributed by atoms with Gasteiger partial charge in [-0.3, -0.25) is 14.7 Å². The van der Waals surface area contributed by atoms with Gasteiger partial charge in [-0.1, -0.05) is 18.2 Å². The van der Waals surface area contributed by atoms with Crippen LogP contribution in [0.2, 0.25) is 5.02 Å². The Hall–Kier alpha value is -3.57. The van der Waals surface area contributed by atoms with Gasteiger partial charge in [-0.05, 0) is 68.3 Å². The van der Waals surface area contributed by atoms with Crippen LogP contribution in [-0.2, 0) is 4.79 Å². The van der Waals surface area contributed by atoms with Gasteiger partial charge in [0, 0.05) is 55.9 Å². The molecule has 3 aliphatic heterocycles. The fourth-order valence-corrected chi connectivity index (χ4v) is 7.70. The van der Waals surface area contributed by atoms with E-state index in [1.807, 2.05) is 11.9 Å². The molecule has 3 atom stereocenters. The summed E-state index contributed by atoms with van der Waals surface area (Å²) in [6.07, 6.45) is 6.62. The second-order valence-electron chi connectivity index (χ2n) is 12.6. The van der Waals surface area contributed by atoms with Crippen molar-refractivity contribution in [2.24, 2.45) is 0 Å². The van der Waals surface area contributed by atoms with Crippen LogP contribution in [0.15, 0.2) is 31.0 Å². The minimum absolute atomic E-state index is 0.00712. The van der Waals surface area contributed by atoms with Crippen LogP contribution in [-0.4, -0.2) is 93.4 Å². The maximum Gasteiger partial charge on any atom is 0.319 e. The molecule has 0 unspecified atom stereocenters. The quantitative estimate of drug-likeness (QED) is 0.340. The lowest BCUT2D eigenvalue weighted by molar-refractivity contribution is -0.125. The maximum absolute atomic E-state index is 16.6. The minimum atomic E-state index is -0.914. The normalized spacial score (nSPS) is 25.0. The molecule has 1 amide bonds. The number of phenolic OH excluding ortho intramolecular Hbond substituents is 1. The van der Waals surface area contributed by atoms with Gasteiger partial charge in [-0.25, -0.2) is 8.78 Å². The highest BCUT2D eigenvalue weighted by molar-refractivity contribution is 6.32. The number of ether oxygens (including phenoxy) is 1. The molecule has 4 fully saturated rings. The Morgan fingerprint density at radius 3 is 2.86 bits per heavy atom. The average Bonchev–Trinajstić information content (AvgIpc) is 3.43. The topological polar surface area (TPSA) is 94.9 Å². The lowest BCUT2D eigenvalue weighted by atomic mass is 9.95. The van der Waals surface area contributed by atoms with Crippen LogP contribution in [0.4, 0.5) is 14.6 Å². The summed E-state index contributed by atoms with van der Waals surface area (Å²) < 4.78 is 37.3. The second-order valence-corrected chi connectivity index (χ2v) is 13.0. The Balaban J connectivity index is 1.31. The monoisotopic (exact) mass is 624 g/mol. The molecule has 5 heterocycles. The maximum atomic E-state index is 16.6. The van der Waals surface area contributed by atoms with Crippen molar-refractivity contribution < 1.29 is 23.4 Å². The van der Waals surface area contributed by atoms with E-state index in [0.29, 0.717) is 54.3 Å². The molecule has 3 aromatic rings. The van der Waals surface area contributed by atoms with Gasteiger partial charge in [-0.2, -0.15) is 9.97 Å². The first-order chi connectivity index (χ1) is 21.2. The predicted molar refractivity (Wildman–Crippen MR) is 164 cm³/mol. The number of hydrogen-bond donors (Lipinski definition) is 1. The molecule has 1 N–H and O–H groups in total. The number of amides is 1. The van der Waals surface area contributed by atoms with E-state index in [-0.39, 0.29) is 47.4 Å². The van der Waals surface area contributed by atoms with Gasteiger partial charge in [-0.15, -0.1) is 0 Å². The molecule has 3 saturated heterocycles. The van der Waals surface area contributed by atoms with Gasteiger partial charge in [0.2, 0.25) is 5.91 Å². The van der Waals surface area contributed by atoms with Crippen molar-refractivity contribution in [2.75, 3.05) is 44.7 Å². The number of alkyl halides is 1. The van der Waals surface area contributed by atoms with Crippen LogP contribution in [0, 0.1) is 5.82 Å². The number of anilines is 1. The molecule has 0 bridgehead atoms. The number of phenols is 1. The predicted octanol–water partition coefficient (Wildman–Crippen LogP) is 5.25. The SMILES string of the molecule is C=CC(=O)N1CC[C@@H](N(C)c2nc(OC[C@@]34CCCN3C[C@H](F)C4)nc3c(F)c(-c4cc(O)cc(Cl)c4C4CC4)ncc23)C1. The zero-order valence-corrected chi connectivity index (χ0v) is 25.4. The summed E-state index contributed by atoms with van der Waals surface area (Å²) in [5.41, 5.74) is 0.827. The van der Waals surface area contributed by atoms with Crippen LogP contribution in [0.5, 0.6) is 11.8 Å². The summed E-state index contributed by atoms with van der Waals surface area (Å²) in [5.74, 6) is -0.301. The van der Waals surface area contributed by atoms with E-state index in [1.165, 1.54) is 18.2 Å². The number of halogens is 3. The second kappa shape index (κ2) is 11.1. The lowest BCUT2D eigenvalue weighted by Gasteiger charge is -2.31. The molecule has 7 rings (SSSR count). The first kappa shape index (κ1) is 29.2. The van der Waals surface area contributed by atoms with E-state index in [1.54, 1.807) is 11.1 Å². The molecular weight excluding hydrogens is 590 g/mol. The van der Waals surface area contributed by atoms with Gasteiger partial charge in [0.1, 0.15) is 35.6 Å². The number of rotatable bonds is 8. The van der Waals surface area contributed by atoms with Gasteiger partial charge in [0.25, 0.3) is 0 Å². The van der Waals surface area contributed by atoms with E-state index in [4.69, 9.17) is 21.3 Å². The molecule has 4 aliphatic rings. The molecule has 12 heteroatoms. The van der Waals surface area contributed by atoms with E-state index in [0.717, 1.165) is 37.8 Å². The molecular formula is C32H35ClF2N6O3. The summed E-state index contributed by atoms with van der Waals surface area (Å²) in [4.78, 5) is 31.9. The molecule has 0 radical (unpaired) electrons. The van der Waals surface area contributed by atoms with Gasteiger partial charge < -0.3 is 19.6 Å². The fourth-order valence-electron chi connectivity index (χ4n) is 7.34. The van der Waals surface area contributed by atoms with Gasteiger partial charge in [0.15, 0.2) is 5.82 Å². The molecule has 44 heavy (non-hydrogen) atoms. The Labute approximate surface area is 259 Å². The van der Waals surface area contributed by atoms with Gasteiger partial charge in [0.05, 0.1) is 10.9 Å². The largest absolute Gasteiger partial charge is 0.508 e. The molecule has 1 saturated carbocycles. The highest BCUT2D eigenvalue weighted by atomic mass is 35.5. The van der Waals surface area contributed by atoms with E-state index < -0.39 is 17.5 Å². The number of pyridine rings is 1. The number of nitrogens with zero attached hydrogens (tertiary/aromatic N) is 6. The Kier molecular flexibility index (Phi) is 7.36. The van der Waals surface area contributed by atoms with Gasteiger partial charge >= 0.3 is 6.01 Å². The summed E-state index contributed by atoms with van der Waals surface area (Å²) >= 11 is 6.53. The summed E-state index contributed by atoms with van der Waals surface area (Å²) in [6, 6.07) is 2.86. The number of aromatic hydroxyl groups is 1. The highest BCUT2D eigenvalue weighted by Crippen LogP contribution is 2.49. The van der Waals surface area contributed by atoms with Crippen molar-refractivity contribution in [3.8, 4) is 23.0 Å². The molecule has 1 aliphatic carbocycles. The molecule has 2 aromatic heterocycles. The lowest BCUT2D eigenvalue weighted by Crippen LogP contribution is -2.43. The number of fused-ring (bicyclic) bond motifs is 2. The van der Waals surface area contributed by atoms with Crippen molar-refractivity contribution in [1.82, 2.24) is 24.8 Å². The first-order valence-electron chi connectivity index (χ1n) is 15.2. The number of carbonyl (C=O) groups excluding carboxylic acids is 1. The number of likely N-dealkylation sites (N-methyl/N-ethyl adjacent to an activating group) is 1. The third-order valence-electron chi connectivity index (χ3n) is 9.76. The zero-order chi connectivity index (χ0) is 30.7. The third-order valence-corrected chi connectivity index (χ3v) is 10.1. The summed E-state index contributed by atoms with van der Waals surface area (Å²) in [7, 11) is 1.85. The van der Waals surface area contributed by atoms with Crippen molar-refractivity contribution >= 4 is 34.2 Å². The van der Waals surface area contributed by atoms with E-state index in [9.17, 15) is 14.3 Å². The smallest absolute Gasteiger partial charge is 0.319 e. The minimum Gasteiger partial charge on any atom is -0.508 e. The molecule has 232 valence electrons. The van der Waals surface area contributed by atoms with E-state index in [2.05, 4.69) is 21.4 Å². The standard InChI is InChI=1S/C32H35ClF2N6O3/c1-3-25(43)40-10-7-20(16-40)39(2)30-23-14-36-28(22-11-21(42)12-24(33)26(22)18-5-6-18)27(35)29(23)37-31(38-30)44-17-32-8-4-9-41(32)15-19(34)13-32/h3,11-12,14,18-20,42H,1,4-10,13,15-17H2,2H3/t19-,20-,32+/m1/s1.